The molecule has 0 aliphatic rings. The van der Waals surface area contributed by atoms with E-state index in [1.165, 1.54) is 0 Å². The van der Waals surface area contributed by atoms with Crippen molar-refractivity contribution in [2.24, 2.45) is 0 Å². The maximum absolute atomic E-state index is 5.92. The number of pyridine rings is 2. The van der Waals surface area contributed by atoms with Gasteiger partial charge in [0, 0.05) is 28.9 Å². The van der Waals surface area contributed by atoms with Gasteiger partial charge in [0.25, 0.3) is 0 Å². The number of rotatable bonds is 4. The Labute approximate surface area is 123 Å². The minimum absolute atomic E-state index is 0.591. The molecule has 0 aliphatic carbocycles. The van der Waals surface area contributed by atoms with Gasteiger partial charge in [-0.1, -0.05) is 31.4 Å². The molecule has 0 atom stereocenters. The first-order valence-corrected chi connectivity index (χ1v) is 6.59. The molecule has 3 aromatic rings. The van der Waals surface area contributed by atoms with Crippen LogP contribution in [-0.2, 0) is 0 Å². The van der Waals surface area contributed by atoms with Crippen LogP contribution in [0.15, 0.2) is 72.5 Å². The molecule has 102 valence electrons. The van der Waals surface area contributed by atoms with Crippen molar-refractivity contribution in [3.63, 3.8) is 0 Å². The Morgan fingerprint density at radius 2 is 1.90 bits per heavy atom. The second kappa shape index (κ2) is 5.59. The third-order valence-corrected chi connectivity index (χ3v) is 3.18. The summed E-state index contributed by atoms with van der Waals surface area (Å²) in [5.41, 5.74) is 3.18. The van der Waals surface area contributed by atoms with E-state index in [0.29, 0.717) is 11.5 Å². The SMILES string of the molecule is C=C/C=C(/c1ccccn1)c1oc2ncccc2c1C=C. The van der Waals surface area contributed by atoms with Crippen molar-refractivity contribution in [2.45, 2.75) is 0 Å². The van der Waals surface area contributed by atoms with Gasteiger partial charge in [0.05, 0.1) is 5.69 Å². The lowest BCUT2D eigenvalue weighted by Gasteiger charge is -2.04. The third-order valence-electron chi connectivity index (χ3n) is 3.18. The predicted molar refractivity (Wildman–Crippen MR) is 85.6 cm³/mol. The molecule has 0 aromatic carbocycles. The number of hydrogen-bond acceptors (Lipinski definition) is 3. The summed E-state index contributed by atoms with van der Waals surface area (Å²) in [6.07, 6.45) is 8.84. The molecule has 3 rings (SSSR count). The van der Waals surface area contributed by atoms with Crippen LogP contribution in [-0.4, -0.2) is 9.97 Å². The van der Waals surface area contributed by atoms with Crippen molar-refractivity contribution in [3.8, 4) is 0 Å². The quantitative estimate of drug-likeness (QED) is 0.658. The Morgan fingerprint density at radius 1 is 1.05 bits per heavy atom. The van der Waals surface area contributed by atoms with Crippen LogP contribution in [0.2, 0.25) is 0 Å². The minimum Gasteiger partial charge on any atom is -0.437 e. The van der Waals surface area contributed by atoms with Crippen LogP contribution in [0, 0.1) is 0 Å². The molecule has 3 heteroatoms. The average Bonchev–Trinajstić information content (AvgIpc) is 2.91. The van der Waals surface area contributed by atoms with Gasteiger partial charge < -0.3 is 4.42 Å². The molecule has 0 aliphatic heterocycles. The standard InChI is InChI=1S/C18H14N2O/c1-3-8-15(16-10-5-6-11-19-16)17-13(4-2)14-9-7-12-20-18(14)21-17/h3-12H,1-2H2/b15-8-. The number of nitrogens with zero attached hydrogens (tertiary/aromatic N) is 2. The first-order chi connectivity index (χ1) is 10.3. The van der Waals surface area contributed by atoms with Gasteiger partial charge in [-0.15, -0.1) is 0 Å². The third kappa shape index (κ3) is 2.30. The van der Waals surface area contributed by atoms with Crippen molar-refractivity contribution in [1.29, 1.82) is 0 Å². The van der Waals surface area contributed by atoms with Gasteiger partial charge in [-0.05, 0) is 30.3 Å². The van der Waals surface area contributed by atoms with E-state index in [9.17, 15) is 0 Å². The Hall–Kier alpha value is -2.94. The summed E-state index contributed by atoms with van der Waals surface area (Å²) in [4.78, 5) is 8.65. The zero-order chi connectivity index (χ0) is 14.7. The molecule has 0 bridgehead atoms. The maximum atomic E-state index is 5.92. The highest BCUT2D eigenvalue weighted by molar-refractivity contribution is 5.93. The van der Waals surface area contributed by atoms with Crippen LogP contribution in [0.5, 0.6) is 0 Å². The minimum atomic E-state index is 0.591. The Morgan fingerprint density at radius 3 is 2.62 bits per heavy atom. The fourth-order valence-electron chi connectivity index (χ4n) is 2.27. The van der Waals surface area contributed by atoms with Crippen LogP contribution in [0.4, 0.5) is 0 Å². The number of hydrogen-bond donors (Lipinski definition) is 0. The largest absolute Gasteiger partial charge is 0.437 e. The Balaban J connectivity index is 2.28. The smallest absolute Gasteiger partial charge is 0.227 e. The molecular weight excluding hydrogens is 260 g/mol. The van der Waals surface area contributed by atoms with Gasteiger partial charge in [-0.3, -0.25) is 4.98 Å². The van der Waals surface area contributed by atoms with Gasteiger partial charge in [0.1, 0.15) is 5.76 Å². The normalized spacial score (nSPS) is 11.5. The summed E-state index contributed by atoms with van der Waals surface area (Å²) >= 11 is 0. The average molecular weight is 274 g/mol. The molecular formula is C18H14N2O. The molecule has 21 heavy (non-hydrogen) atoms. The van der Waals surface area contributed by atoms with Crippen LogP contribution >= 0.6 is 0 Å². The molecule has 0 amide bonds. The lowest BCUT2D eigenvalue weighted by Crippen LogP contribution is -1.91. The van der Waals surface area contributed by atoms with Crippen LogP contribution in [0.3, 0.4) is 0 Å². The number of furan rings is 1. The molecule has 0 N–H and O–H groups in total. The van der Waals surface area contributed by atoms with E-state index >= 15 is 0 Å². The van der Waals surface area contributed by atoms with Crippen LogP contribution in [0.25, 0.3) is 22.7 Å². The number of aromatic nitrogens is 2. The molecule has 3 heterocycles. The van der Waals surface area contributed by atoms with E-state index in [0.717, 1.165) is 22.2 Å². The van der Waals surface area contributed by atoms with Crippen molar-refractivity contribution >= 4 is 22.7 Å². The number of fused-ring (bicyclic) bond motifs is 1. The summed E-state index contributed by atoms with van der Waals surface area (Å²) in [6.45, 7) is 7.66. The summed E-state index contributed by atoms with van der Waals surface area (Å²) in [5, 5.41) is 0.938. The predicted octanol–water partition coefficient (Wildman–Crippen LogP) is 4.48. The molecule has 0 unspecified atom stereocenters. The van der Waals surface area contributed by atoms with Gasteiger partial charge >= 0.3 is 0 Å². The summed E-state index contributed by atoms with van der Waals surface area (Å²) < 4.78 is 5.92. The molecule has 0 spiro atoms. The van der Waals surface area contributed by atoms with Crippen molar-refractivity contribution < 1.29 is 4.42 Å². The molecule has 0 fully saturated rings. The maximum Gasteiger partial charge on any atom is 0.227 e. The first-order valence-electron chi connectivity index (χ1n) is 6.59. The second-order valence-electron chi connectivity index (χ2n) is 4.44. The Kier molecular flexibility index (Phi) is 3.48. The fourth-order valence-corrected chi connectivity index (χ4v) is 2.27. The van der Waals surface area contributed by atoms with E-state index in [2.05, 4.69) is 23.1 Å². The van der Waals surface area contributed by atoms with E-state index in [-0.39, 0.29) is 0 Å². The van der Waals surface area contributed by atoms with Crippen molar-refractivity contribution in [2.75, 3.05) is 0 Å². The summed E-state index contributed by atoms with van der Waals surface area (Å²) in [7, 11) is 0. The zero-order valence-electron chi connectivity index (χ0n) is 11.5. The van der Waals surface area contributed by atoms with Crippen LogP contribution in [0.1, 0.15) is 17.0 Å². The highest BCUT2D eigenvalue weighted by Crippen LogP contribution is 2.33. The summed E-state index contributed by atoms with van der Waals surface area (Å²) in [5.74, 6) is 0.706. The highest BCUT2D eigenvalue weighted by atomic mass is 16.3. The van der Waals surface area contributed by atoms with E-state index in [1.54, 1.807) is 24.5 Å². The second-order valence-corrected chi connectivity index (χ2v) is 4.44. The molecule has 0 saturated carbocycles. The van der Waals surface area contributed by atoms with E-state index in [4.69, 9.17) is 4.42 Å². The van der Waals surface area contributed by atoms with Crippen molar-refractivity contribution in [1.82, 2.24) is 9.97 Å². The topological polar surface area (TPSA) is 38.9 Å². The molecule has 3 nitrogen and oxygen atoms in total. The monoisotopic (exact) mass is 274 g/mol. The molecule has 0 radical (unpaired) electrons. The van der Waals surface area contributed by atoms with Gasteiger partial charge in [-0.25, -0.2) is 4.98 Å². The lowest BCUT2D eigenvalue weighted by atomic mass is 10.0. The Bertz CT molecular complexity index is 829. The zero-order valence-corrected chi connectivity index (χ0v) is 11.5. The van der Waals surface area contributed by atoms with E-state index in [1.807, 2.05) is 36.4 Å². The lowest BCUT2D eigenvalue weighted by molar-refractivity contribution is 0.587. The number of allylic oxidation sites excluding steroid dienone is 2. The molecule has 3 aromatic heterocycles. The fraction of sp³-hybridized carbons (Fsp3) is 0. The van der Waals surface area contributed by atoms with E-state index < -0.39 is 0 Å². The first kappa shape index (κ1) is 13.1. The van der Waals surface area contributed by atoms with Gasteiger partial charge in [0.2, 0.25) is 5.71 Å². The van der Waals surface area contributed by atoms with Crippen molar-refractivity contribution in [3.05, 3.63) is 85.1 Å². The van der Waals surface area contributed by atoms with Crippen LogP contribution < -0.4 is 0 Å². The van der Waals surface area contributed by atoms with Gasteiger partial charge in [-0.2, -0.15) is 0 Å². The van der Waals surface area contributed by atoms with Gasteiger partial charge in [0.15, 0.2) is 0 Å². The summed E-state index contributed by atoms with van der Waals surface area (Å²) in [6, 6.07) is 9.60. The highest BCUT2D eigenvalue weighted by Gasteiger charge is 2.17. The molecule has 0 saturated heterocycles.